The lowest BCUT2D eigenvalue weighted by atomic mass is 10.2. The number of aliphatic carboxylic acids is 1. The zero-order valence-electron chi connectivity index (χ0n) is 10.9. The van der Waals surface area contributed by atoms with Gasteiger partial charge in [-0.3, -0.25) is 9.59 Å². The normalized spacial score (nSPS) is 10.7. The number of hydrogen-bond donors (Lipinski definition) is 1. The van der Waals surface area contributed by atoms with Gasteiger partial charge >= 0.3 is 11.9 Å². The molecule has 1 N–H and O–H groups in total. The van der Waals surface area contributed by atoms with Gasteiger partial charge in [-0.2, -0.15) is 0 Å². The van der Waals surface area contributed by atoms with Crippen LogP contribution >= 0.6 is 0 Å². The molecule has 0 radical (unpaired) electrons. The maximum atomic E-state index is 11.7. The Hall–Kier alpha value is -2.57. The number of rotatable bonds is 5. The Morgan fingerprint density at radius 1 is 1.45 bits per heavy atom. The molecular formula is C13H14N2O5. The third kappa shape index (κ3) is 2.87. The number of carboxylic acid groups (broad SMARTS) is 1. The van der Waals surface area contributed by atoms with Gasteiger partial charge < -0.3 is 15.1 Å². The topological polar surface area (TPSA) is 95.5 Å². The minimum absolute atomic E-state index is 0.0137. The number of carbonyl (C=O) groups excluding carboxylic acids is 1. The Balaban J connectivity index is 2.09. The molecule has 0 aliphatic carbocycles. The Labute approximate surface area is 114 Å². The molecule has 7 nitrogen and oxygen atoms in total. The SMILES string of the molecule is Cn1cc(COC(=O)CCC(=O)O)c2ccc[n+]([O-])c21. The van der Waals surface area contributed by atoms with Gasteiger partial charge in [0.05, 0.1) is 37.7 Å². The summed E-state index contributed by atoms with van der Waals surface area (Å²) in [4.78, 5) is 21.7. The zero-order valence-corrected chi connectivity index (χ0v) is 10.9. The van der Waals surface area contributed by atoms with Gasteiger partial charge in [0.2, 0.25) is 0 Å². The molecule has 2 rings (SSSR count). The van der Waals surface area contributed by atoms with Gasteiger partial charge in [0.1, 0.15) is 6.61 Å². The first-order valence-electron chi connectivity index (χ1n) is 6.02. The third-order valence-corrected chi connectivity index (χ3v) is 2.90. The number of nitrogens with zero attached hydrogens (tertiary/aromatic N) is 2. The van der Waals surface area contributed by atoms with Gasteiger partial charge in [-0.1, -0.05) is 0 Å². The molecule has 0 aliphatic heterocycles. The van der Waals surface area contributed by atoms with E-state index in [4.69, 9.17) is 9.84 Å². The summed E-state index contributed by atoms with van der Waals surface area (Å²) in [5, 5.41) is 20.8. The summed E-state index contributed by atoms with van der Waals surface area (Å²) in [6.07, 6.45) is 2.69. The first-order chi connectivity index (χ1) is 9.49. The summed E-state index contributed by atoms with van der Waals surface area (Å²) in [7, 11) is 1.73. The van der Waals surface area contributed by atoms with E-state index in [9.17, 15) is 14.8 Å². The summed E-state index contributed by atoms with van der Waals surface area (Å²) in [5.41, 5.74) is 1.18. The minimum Gasteiger partial charge on any atom is -0.711 e. The van der Waals surface area contributed by atoms with Crippen LogP contribution in [-0.2, 0) is 28.0 Å². The monoisotopic (exact) mass is 278 g/mol. The number of pyridine rings is 1. The third-order valence-electron chi connectivity index (χ3n) is 2.90. The molecular weight excluding hydrogens is 264 g/mol. The van der Waals surface area contributed by atoms with E-state index < -0.39 is 11.9 Å². The average molecular weight is 278 g/mol. The Morgan fingerprint density at radius 2 is 2.20 bits per heavy atom. The number of esters is 1. The van der Waals surface area contributed by atoms with E-state index >= 15 is 0 Å². The fraction of sp³-hybridized carbons (Fsp3) is 0.308. The molecule has 106 valence electrons. The molecule has 2 heterocycles. The highest BCUT2D eigenvalue weighted by Crippen LogP contribution is 2.18. The van der Waals surface area contributed by atoms with E-state index in [0.717, 1.165) is 4.73 Å². The molecule has 0 amide bonds. The van der Waals surface area contributed by atoms with Crippen molar-refractivity contribution in [3.63, 3.8) is 0 Å². The molecule has 0 fully saturated rings. The second-order valence-corrected chi connectivity index (χ2v) is 4.39. The first-order valence-corrected chi connectivity index (χ1v) is 6.02. The largest absolute Gasteiger partial charge is 0.711 e. The van der Waals surface area contributed by atoms with Crippen LogP contribution < -0.4 is 4.73 Å². The van der Waals surface area contributed by atoms with E-state index in [0.29, 0.717) is 16.6 Å². The van der Waals surface area contributed by atoms with Crippen LogP contribution in [0.4, 0.5) is 0 Å². The van der Waals surface area contributed by atoms with Crippen molar-refractivity contribution < 1.29 is 24.2 Å². The Kier molecular flexibility index (Phi) is 3.88. The number of hydrogen-bond acceptors (Lipinski definition) is 4. The highest BCUT2D eigenvalue weighted by molar-refractivity contribution is 5.79. The van der Waals surface area contributed by atoms with Crippen LogP contribution in [0.2, 0.25) is 0 Å². The Morgan fingerprint density at radius 3 is 2.90 bits per heavy atom. The lowest BCUT2D eigenvalue weighted by Gasteiger charge is -2.03. The van der Waals surface area contributed by atoms with Gasteiger partial charge in [-0.15, -0.1) is 0 Å². The van der Waals surface area contributed by atoms with Crippen LogP contribution in [0.25, 0.3) is 11.0 Å². The molecule has 2 aromatic rings. The summed E-state index contributed by atoms with van der Waals surface area (Å²) >= 11 is 0. The second-order valence-electron chi connectivity index (χ2n) is 4.39. The molecule has 0 aromatic carbocycles. The molecule has 20 heavy (non-hydrogen) atoms. The van der Waals surface area contributed by atoms with Crippen molar-refractivity contribution in [1.82, 2.24) is 4.57 Å². The van der Waals surface area contributed by atoms with Crippen LogP contribution in [0.3, 0.4) is 0 Å². The molecule has 0 aliphatic rings. The van der Waals surface area contributed by atoms with Gasteiger partial charge in [-0.05, 0) is 12.1 Å². The molecule has 0 saturated heterocycles. The molecule has 0 saturated carbocycles. The van der Waals surface area contributed by atoms with Crippen molar-refractivity contribution in [2.75, 3.05) is 0 Å². The molecule has 0 atom stereocenters. The van der Waals surface area contributed by atoms with Crippen LogP contribution in [0.1, 0.15) is 18.4 Å². The lowest BCUT2D eigenvalue weighted by molar-refractivity contribution is -0.580. The smallest absolute Gasteiger partial charge is 0.306 e. The zero-order chi connectivity index (χ0) is 14.7. The molecule has 0 unspecified atom stereocenters. The fourth-order valence-electron chi connectivity index (χ4n) is 2.00. The van der Waals surface area contributed by atoms with Crippen LogP contribution in [0.15, 0.2) is 24.5 Å². The predicted octanol–water partition coefficient (Wildman–Crippen LogP) is 0.720. The molecule has 7 heteroatoms. The molecule has 0 spiro atoms. The quantitative estimate of drug-likeness (QED) is 0.494. The van der Waals surface area contributed by atoms with Crippen LogP contribution in [0.5, 0.6) is 0 Å². The van der Waals surface area contributed by atoms with Crippen LogP contribution in [0, 0.1) is 5.21 Å². The number of carboxylic acids is 1. The van der Waals surface area contributed by atoms with E-state index in [-0.39, 0.29) is 19.4 Å². The summed E-state index contributed by atoms with van der Waals surface area (Å²) in [6.45, 7) is 0.0137. The number of aromatic nitrogens is 2. The van der Waals surface area contributed by atoms with E-state index in [2.05, 4.69) is 0 Å². The summed E-state index contributed by atoms with van der Waals surface area (Å²) in [6, 6.07) is 3.38. The second kappa shape index (κ2) is 5.60. The van der Waals surface area contributed by atoms with Crippen molar-refractivity contribution >= 4 is 23.0 Å². The molecule has 0 bridgehead atoms. The van der Waals surface area contributed by atoms with Crippen LogP contribution in [-0.4, -0.2) is 21.6 Å². The fourth-order valence-corrected chi connectivity index (χ4v) is 2.00. The van der Waals surface area contributed by atoms with Gasteiger partial charge in [0, 0.05) is 5.56 Å². The number of ether oxygens (including phenoxy) is 1. The van der Waals surface area contributed by atoms with E-state index in [1.54, 1.807) is 29.9 Å². The van der Waals surface area contributed by atoms with E-state index in [1.165, 1.54) is 6.20 Å². The highest BCUT2D eigenvalue weighted by atomic mass is 16.5. The average Bonchev–Trinajstić information content (AvgIpc) is 2.72. The maximum Gasteiger partial charge on any atom is 0.306 e. The number of aryl methyl sites for hydroxylation is 1. The summed E-state index contributed by atoms with van der Waals surface area (Å²) < 4.78 is 7.41. The number of carbonyl (C=O) groups is 2. The minimum atomic E-state index is -1.04. The van der Waals surface area contributed by atoms with Crippen molar-refractivity contribution in [3.8, 4) is 0 Å². The van der Waals surface area contributed by atoms with E-state index in [1.807, 2.05) is 0 Å². The van der Waals surface area contributed by atoms with Gasteiger partial charge in [-0.25, -0.2) is 9.30 Å². The standard InChI is InChI=1S/C13H14N2O5/c1-14-7-9(8-20-12(18)5-4-11(16)17)10-3-2-6-15(19)13(10)14/h2-3,6-7H,4-5,8H2,1H3,(H,16,17). The summed E-state index contributed by atoms with van der Waals surface area (Å²) in [5.74, 6) is -1.62. The van der Waals surface area contributed by atoms with Crippen molar-refractivity contribution in [2.45, 2.75) is 19.4 Å². The molecule has 2 aromatic heterocycles. The van der Waals surface area contributed by atoms with Gasteiger partial charge in [0.25, 0.3) is 5.65 Å². The van der Waals surface area contributed by atoms with Crippen molar-refractivity contribution in [2.24, 2.45) is 7.05 Å². The lowest BCUT2D eigenvalue weighted by Crippen LogP contribution is -2.27. The highest BCUT2D eigenvalue weighted by Gasteiger charge is 2.15. The number of fused-ring (bicyclic) bond motifs is 1. The van der Waals surface area contributed by atoms with Gasteiger partial charge in [0.15, 0.2) is 0 Å². The Bertz CT molecular complexity index is 662. The predicted molar refractivity (Wildman–Crippen MR) is 68.5 cm³/mol. The first kappa shape index (κ1) is 13.9. The van der Waals surface area contributed by atoms with Crippen molar-refractivity contribution in [1.29, 1.82) is 0 Å². The van der Waals surface area contributed by atoms with Crippen molar-refractivity contribution in [3.05, 3.63) is 35.3 Å². The maximum absolute atomic E-state index is 11.7.